The molecule has 1 aliphatic heterocycles. The summed E-state index contributed by atoms with van der Waals surface area (Å²) in [7, 11) is 0. The Kier molecular flexibility index (Phi) is 5.08. The van der Waals surface area contributed by atoms with Crippen LogP contribution in [0.2, 0.25) is 0 Å². The number of carbonyl (C=O) groups is 2. The third-order valence-electron chi connectivity index (χ3n) is 3.98. The van der Waals surface area contributed by atoms with E-state index in [1.54, 1.807) is 29.3 Å². The van der Waals surface area contributed by atoms with E-state index in [4.69, 9.17) is 0 Å². The van der Waals surface area contributed by atoms with Crippen molar-refractivity contribution in [1.29, 1.82) is 0 Å². The fourth-order valence-electron chi connectivity index (χ4n) is 2.62. The van der Waals surface area contributed by atoms with E-state index >= 15 is 0 Å². The van der Waals surface area contributed by atoms with E-state index in [1.165, 1.54) is 12.1 Å². The molecule has 8 heteroatoms. The number of hydrogen-bond acceptors (Lipinski definition) is 4. The molecule has 3 amide bonds. The SMILES string of the molecule is O=CNc1ccc(N2CCN(C(=O)Nc3ccccc3F)CC2)nc1. The Hall–Kier alpha value is -3.16. The molecular formula is C17H18FN5O2. The van der Waals surface area contributed by atoms with E-state index < -0.39 is 5.82 Å². The Morgan fingerprint density at radius 2 is 1.88 bits per heavy atom. The molecule has 1 aromatic carbocycles. The summed E-state index contributed by atoms with van der Waals surface area (Å²) in [4.78, 5) is 30.7. The van der Waals surface area contributed by atoms with Gasteiger partial charge >= 0.3 is 6.03 Å². The van der Waals surface area contributed by atoms with Crippen molar-refractivity contribution >= 4 is 29.6 Å². The third-order valence-corrected chi connectivity index (χ3v) is 3.98. The molecule has 1 aromatic heterocycles. The van der Waals surface area contributed by atoms with Gasteiger partial charge in [0.2, 0.25) is 6.41 Å². The highest BCUT2D eigenvalue weighted by molar-refractivity contribution is 5.89. The van der Waals surface area contributed by atoms with Crippen LogP contribution >= 0.6 is 0 Å². The molecule has 0 atom stereocenters. The topological polar surface area (TPSA) is 77.6 Å². The highest BCUT2D eigenvalue weighted by Crippen LogP contribution is 2.17. The number of nitrogens with zero attached hydrogens (tertiary/aromatic N) is 3. The van der Waals surface area contributed by atoms with E-state index in [1.807, 2.05) is 6.07 Å². The third kappa shape index (κ3) is 4.03. The average Bonchev–Trinajstić information content (AvgIpc) is 2.65. The van der Waals surface area contributed by atoms with Crippen molar-refractivity contribution in [1.82, 2.24) is 9.88 Å². The van der Waals surface area contributed by atoms with Crippen LogP contribution in [-0.4, -0.2) is 48.5 Å². The van der Waals surface area contributed by atoms with E-state index in [2.05, 4.69) is 20.5 Å². The molecule has 2 heterocycles. The van der Waals surface area contributed by atoms with Crippen LogP contribution in [0.1, 0.15) is 0 Å². The quantitative estimate of drug-likeness (QED) is 0.834. The number of carbonyl (C=O) groups excluding carboxylic acids is 2. The van der Waals surface area contributed by atoms with Gasteiger partial charge in [-0.3, -0.25) is 4.79 Å². The van der Waals surface area contributed by atoms with Crippen LogP contribution in [0.25, 0.3) is 0 Å². The van der Waals surface area contributed by atoms with Crippen LogP contribution in [0.5, 0.6) is 0 Å². The largest absolute Gasteiger partial charge is 0.353 e. The summed E-state index contributed by atoms with van der Waals surface area (Å²) in [5.41, 5.74) is 0.802. The first-order chi connectivity index (χ1) is 12.2. The zero-order valence-corrected chi connectivity index (χ0v) is 13.5. The first kappa shape index (κ1) is 16.7. The summed E-state index contributed by atoms with van der Waals surface area (Å²) in [6.07, 6.45) is 2.19. The molecule has 0 aliphatic carbocycles. The van der Waals surface area contributed by atoms with Gasteiger partial charge in [0.15, 0.2) is 0 Å². The number of halogens is 1. The minimum Gasteiger partial charge on any atom is -0.353 e. The van der Waals surface area contributed by atoms with E-state index in [9.17, 15) is 14.0 Å². The summed E-state index contributed by atoms with van der Waals surface area (Å²) in [6.45, 7) is 2.27. The normalized spacial score (nSPS) is 14.1. The zero-order chi connectivity index (χ0) is 17.6. The lowest BCUT2D eigenvalue weighted by Gasteiger charge is -2.35. The minimum absolute atomic E-state index is 0.176. The zero-order valence-electron chi connectivity index (χ0n) is 13.5. The van der Waals surface area contributed by atoms with Crippen LogP contribution in [0.3, 0.4) is 0 Å². The first-order valence-corrected chi connectivity index (χ1v) is 7.89. The second-order valence-corrected chi connectivity index (χ2v) is 5.55. The number of rotatable bonds is 4. The van der Waals surface area contributed by atoms with Gasteiger partial charge in [-0.1, -0.05) is 12.1 Å². The molecule has 1 aliphatic rings. The molecule has 0 unspecified atom stereocenters. The molecule has 0 saturated carbocycles. The molecular weight excluding hydrogens is 325 g/mol. The lowest BCUT2D eigenvalue weighted by Crippen LogP contribution is -2.50. The van der Waals surface area contributed by atoms with Gasteiger partial charge in [0.25, 0.3) is 0 Å². The van der Waals surface area contributed by atoms with Crippen LogP contribution in [-0.2, 0) is 4.79 Å². The molecule has 25 heavy (non-hydrogen) atoms. The Morgan fingerprint density at radius 3 is 2.52 bits per heavy atom. The van der Waals surface area contributed by atoms with Crippen LogP contribution < -0.4 is 15.5 Å². The number of nitrogens with one attached hydrogen (secondary N) is 2. The lowest BCUT2D eigenvalue weighted by atomic mass is 10.3. The van der Waals surface area contributed by atoms with Gasteiger partial charge in [-0.05, 0) is 24.3 Å². The summed E-state index contributed by atoms with van der Waals surface area (Å²) in [6, 6.07) is 9.36. The Balaban J connectivity index is 1.55. The van der Waals surface area contributed by atoms with Crippen LogP contribution in [0.4, 0.5) is 26.4 Å². The number of amides is 3. The molecule has 130 valence electrons. The number of urea groups is 1. The van der Waals surface area contributed by atoms with Crippen molar-refractivity contribution in [2.24, 2.45) is 0 Å². The molecule has 1 fully saturated rings. The maximum Gasteiger partial charge on any atom is 0.322 e. The van der Waals surface area contributed by atoms with E-state index in [0.717, 1.165) is 5.82 Å². The molecule has 3 rings (SSSR count). The summed E-state index contributed by atoms with van der Waals surface area (Å²) < 4.78 is 13.6. The molecule has 2 N–H and O–H groups in total. The molecule has 1 saturated heterocycles. The van der Waals surface area contributed by atoms with Crippen molar-refractivity contribution in [3.8, 4) is 0 Å². The van der Waals surface area contributed by atoms with Crippen molar-refractivity contribution in [2.45, 2.75) is 0 Å². The number of piperazine rings is 1. The predicted molar refractivity (Wildman–Crippen MR) is 93.1 cm³/mol. The van der Waals surface area contributed by atoms with Gasteiger partial charge < -0.3 is 20.4 Å². The number of benzene rings is 1. The van der Waals surface area contributed by atoms with Crippen molar-refractivity contribution < 1.29 is 14.0 Å². The maximum atomic E-state index is 13.6. The summed E-state index contributed by atoms with van der Waals surface area (Å²) >= 11 is 0. The van der Waals surface area contributed by atoms with Crippen molar-refractivity contribution in [2.75, 3.05) is 41.7 Å². The lowest BCUT2D eigenvalue weighted by molar-refractivity contribution is -0.105. The number of pyridine rings is 1. The fourth-order valence-corrected chi connectivity index (χ4v) is 2.62. The molecule has 7 nitrogen and oxygen atoms in total. The Morgan fingerprint density at radius 1 is 1.12 bits per heavy atom. The van der Waals surface area contributed by atoms with Gasteiger partial charge in [-0.2, -0.15) is 0 Å². The van der Waals surface area contributed by atoms with Gasteiger partial charge in [0.1, 0.15) is 11.6 Å². The molecule has 0 radical (unpaired) electrons. The first-order valence-electron chi connectivity index (χ1n) is 7.89. The van der Waals surface area contributed by atoms with E-state index in [-0.39, 0.29) is 11.7 Å². The van der Waals surface area contributed by atoms with Gasteiger partial charge in [0, 0.05) is 26.2 Å². The van der Waals surface area contributed by atoms with Crippen molar-refractivity contribution in [3.05, 3.63) is 48.4 Å². The summed E-state index contributed by atoms with van der Waals surface area (Å²) in [5.74, 6) is 0.327. The van der Waals surface area contributed by atoms with Crippen LogP contribution in [0, 0.1) is 5.82 Å². The standard InChI is InChI=1S/C17H18FN5O2/c18-14-3-1-2-4-15(14)21-17(25)23-9-7-22(8-10-23)16-6-5-13(11-19-16)20-12-24/h1-6,11-12H,7-10H2,(H,20,24)(H,21,25). The van der Waals surface area contributed by atoms with Gasteiger partial charge in [-0.15, -0.1) is 0 Å². The Bertz CT molecular complexity index is 745. The summed E-state index contributed by atoms with van der Waals surface area (Å²) in [5, 5.41) is 5.13. The smallest absolute Gasteiger partial charge is 0.322 e. The second-order valence-electron chi connectivity index (χ2n) is 5.55. The fraction of sp³-hybridized carbons (Fsp3) is 0.235. The number of para-hydroxylation sites is 1. The number of anilines is 3. The Labute approximate surface area is 144 Å². The van der Waals surface area contributed by atoms with Gasteiger partial charge in [0.05, 0.1) is 17.6 Å². The maximum absolute atomic E-state index is 13.6. The van der Waals surface area contributed by atoms with Gasteiger partial charge in [-0.25, -0.2) is 14.2 Å². The van der Waals surface area contributed by atoms with E-state index in [0.29, 0.717) is 38.3 Å². The molecule has 0 bridgehead atoms. The highest BCUT2D eigenvalue weighted by atomic mass is 19.1. The number of aromatic nitrogens is 1. The molecule has 2 aromatic rings. The van der Waals surface area contributed by atoms with Crippen molar-refractivity contribution in [3.63, 3.8) is 0 Å². The second kappa shape index (κ2) is 7.61. The highest BCUT2D eigenvalue weighted by Gasteiger charge is 2.22. The molecule has 0 spiro atoms. The number of hydrogen-bond donors (Lipinski definition) is 2. The predicted octanol–water partition coefficient (Wildman–Crippen LogP) is 2.14. The minimum atomic E-state index is -0.456. The van der Waals surface area contributed by atoms with Crippen LogP contribution in [0.15, 0.2) is 42.6 Å². The monoisotopic (exact) mass is 343 g/mol. The average molecular weight is 343 g/mol.